The molecule has 7 nitrogen and oxygen atoms in total. The third-order valence-corrected chi connectivity index (χ3v) is 1.03. The van der Waals surface area contributed by atoms with Crippen LogP contribution in [0.15, 0.2) is 5.11 Å². The number of rotatable bonds is 4. The van der Waals surface area contributed by atoms with E-state index in [1.807, 2.05) is 5.32 Å². The topological polar surface area (TPSA) is 122 Å². The maximum absolute atomic E-state index is 10.1. The molecule has 0 rings (SSSR count). The van der Waals surface area contributed by atoms with Crippen LogP contribution in [0.3, 0.4) is 0 Å². The predicted molar refractivity (Wildman–Crippen MR) is 39.2 cm³/mol. The van der Waals surface area contributed by atoms with Gasteiger partial charge in [0.1, 0.15) is 0 Å². The van der Waals surface area contributed by atoms with E-state index < -0.39 is 12.1 Å². The van der Waals surface area contributed by atoms with E-state index in [0.717, 1.165) is 0 Å². The summed E-state index contributed by atoms with van der Waals surface area (Å²) in [5.74, 6) is 0. The van der Waals surface area contributed by atoms with Gasteiger partial charge in [-0.15, -0.1) is 0 Å². The van der Waals surface area contributed by atoms with Gasteiger partial charge in [0.15, 0.2) is 0 Å². The van der Waals surface area contributed by atoms with Gasteiger partial charge in [0.05, 0.1) is 18.5 Å². The maximum atomic E-state index is 10.1. The number of nitrogens with one attached hydrogen (secondary N) is 1. The zero-order chi connectivity index (χ0) is 9.40. The van der Waals surface area contributed by atoms with E-state index in [2.05, 4.69) is 10.0 Å². The molecule has 0 bridgehead atoms. The van der Waals surface area contributed by atoms with Crippen molar-refractivity contribution in [2.75, 3.05) is 6.54 Å². The molecule has 12 heavy (non-hydrogen) atoms. The van der Waals surface area contributed by atoms with Gasteiger partial charge in [-0.3, -0.25) is 0 Å². The molecule has 1 amide bonds. The van der Waals surface area contributed by atoms with E-state index in [-0.39, 0.29) is 13.0 Å². The molecule has 0 saturated carbocycles. The lowest BCUT2D eigenvalue weighted by Crippen LogP contribution is -2.35. The minimum Gasteiger partial charge on any atom is -0.465 e. The fraction of sp³-hybridized carbons (Fsp3) is 0.600. The average Bonchev–Trinajstić information content (AvgIpc) is 2.00. The molecule has 0 fully saturated rings. The Balaban J connectivity index is 3.95. The SMILES string of the molecule is N#CCC(CN=[N+]=[N-])NC(=O)O. The summed E-state index contributed by atoms with van der Waals surface area (Å²) in [4.78, 5) is 12.5. The van der Waals surface area contributed by atoms with Crippen molar-refractivity contribution in [2.24, 2.45) is 5.11 Å². The number of nitrogens with zero attached hydrogens (tertiary/aromatic N) is 4. The van der Waals surface area contributed by atoms with Gasteiger partial charge < -0.3 is 10.4 Å². The maximum Gasteiger partial charge on any atom is 0.404 e. The van der Waals surface area contributed by atoms with Crippen LogP contribution in [-0.4, -0.2) is 23.8 Å². The molecule has 1 unspecified atom stereocenters. The minimum atomic E-state index is -1.23. The summed E-state index contributed by atoms with van der Waals surface area (Å²) in [7, 11) is 0. The molecule has 0 saturated heterocycles. The highest BCUT2D eigenvalue weighted by molar-refractivity contribution is 5.64. The largest absolute Gasteiger partial charge is 0.465 e. The molecule has 0 aromatic rings. The fourth-order valence-electron chi connectivity index (χ4n) is 0.581. The summed E-state index contributed by atoms with van der Waals surface area (Å²) < 4.78 is 0. The molecule has 0 heterocycles. The van der Waals surface area contributed by atoms with E-state index in [1.54, 1.807) is 6.07 Å². The summed E-state index contributed by atoms with van der Waals surface area (Å²) in [6, 6.07) is 1.15. The van der Waals surface area contributed by atoms with E-state index in [9.17, 15) is 4.79 Å². The van der Waals surface area contributed by atoms with Crippen molar-refractivity contribution in [1.82, 2.24) is 5.32 Å². The lowest BCUT2D eigenvalue weighted by molar-refractivity contribution is 0.190. The summed E-state index contributed by atoms with van der Waals surface area (Å²) >= 11 is 0. The van der Waals surface area contributed by atoms with Crippen LogP contribution in [0.5, 0.6) is 0 Å². The van der Waals surface area contributed by atoms with Crippen molar-refractivity contribution < 1.29 is 9.90 Å². The summed E-state index contributed by atoms with van der Waals surface area (Å²) in [6.45, 7) is -0.0453. The second-order valence-corrected chi connectivity index (χ2v) is 1.92. The molecular weight excluding hydrogens is 162 g/mol. The Morgan fingerprint density at radius 2 is 2.58 bits per heavy atom. The fourth-order valence-corrected chi connectivity index (χ4v) is 0.581. The van der Waals surface area contributed by atoms with Crippen molar-refractivity contribution in [3.8, 4) is 6.07 Å². The first-order chi connectivity index (χ1) is 5.70. The molecular formula is C5H7N5O2. The van der Waals surface area contributed by atoms with E-state index in [1.165, 1.54) is 0 Å². The monoisotopic (exact) mass is 169 g/mol. The Hall–Kier alpha value is -1.93. The predicted octanol–water partition coefficient (Wildman–Crippen LogP) is 0.847. The normalized spacial score (nSPS) is 10.6. The van der Waals surface area contributed by atoms with Crippen molar-refractivity contribution in [1.29, 1.82) is 5.26 Å². The number of carboxylic acid groups (broad SMARTS) is 1. The Labute approximate surface area is 68.2 Å². The van der Waals surface area contributed by atoms with Crippen LogP contribution in [0.25, 0.3) is 10.4 Å². The molecule has 1 atom stereocenters. The Bertz CT molecular complexity index is 235. The van der Waals surface area contributed by atoms with E-state index in [4.69, 9.17) is 15.9 Å². The van der Waals surface area contributed by atoms with Crippen LogP contribution in [-0.2, 0) is 0 Å². The second kappa shape index (κ2) is 5.82. The molecule has 2 N–H and O–H groups in total. The third-order valence-electron chi connectivity index (χ3n) is 1.03. The van der Waals surface area contributed by atoms with Crippen molar-refractivity contribution >= 4 is 6.09 Å². The number of amides is 1. The number of hydrogen-bond acceptors (Lipinski definition) is 3. The molecule has 0 aromatic heterocycles. The van der Waals surface area contributed by atoms with Crippen LogP contribution in [0, 0.1) is 11.3 Å². The summed E-state index contributed by atoms with van der Waals surface area (Å²) in [6.07, 6.45) is -1.24. The highest BCUT2D eigenvalue weighted by Gasteiger charge is 2.08. The molecule has 0 aliphatic carbocycles. The minimum absolute atomic E-state index is 0.00861. The smallest absolute Gasteiger partial charge is 0.404 e. The first-order valence-electron chi connectivity index (χ1n) is 3.08. The van der Waals surface area contributed by atoms with Gasteiger partial charge in [-0.2, -0.15) is 5.26 Å². The molecule has 64 valence electrons. The third kappa shape index (κ3) is 4.90. The van der Waals surface area contributed by atoms with Gasteiger partial charge in [0.25, 0.3) is 0 Å². The van der Waals surface area contributed by atoms with Crippen LogP contribution in [0.1, 0.15) is 6.42 Å². The zero-order valence-electron chi connectivity index (χ0n) is 6.14. The molecule has 0 aliphatic heterocycles. The van der Waals surface area contributed by atoms with E-state index in [0.29, 0.717) is 0 Å². The summed E-state index contributed by atoms with van der Waals surface area (Å²) in [5.41, 5.74) is 7.92. The van der Waals surface area contributed by atoms with Gasteiger partial charge in [0.2, 0.25) is 0 Å². The summed E-state index contributed by atoms with van der Waals surface area (Å²) in [5, 5.41) is 21.7. The van der Waals surface area contributed by atoms with Crippen molar-refractivity contribution in [3.05, 3.63) is 10.4 Å². The lowest BCUT2D eigenvalue weighted by Gasteiger charge is -2.08. The van der Waals surface area contributed by atoms with Crippen LogP contribution in [0.2, 0.25) is 0 Å². The average molecular weight is 169 g/mol. The van der Waals surface area contributed by atoms with Gasteiger partial charge in [-0.1, -0.05) is 5.11 Å². The molecule has 0 aliphatic rings. The van der Waals surface area contributed by atoms with Crippen LogP contribution in [0.4, 0.5) is 4.79 Å². The number of nitriles is 1. The Morgan fingerprint density at radius 3 is 3.00 bits per heavy atom. The standard InChI is InChI=1S/C5H7N5O2/c6-2-1-4(3-8-10-7)9-5(11)12/h4,9H,1,3H2,(H,11,12). The molecule has 7 heteroatoms. The lowest BCUT2D eigenvalue weighted by atomic mass is 10.2. The first-order valence-corrected chi connectivity index (χ1v) is 3.08. The molecule has 0 aromatic carbocycles. The van der Waals surface area contributed by atoms with Crippen molar-refractivity contribution in [3.63, 3.8) is 0 Å². The van der Waals surface area contributed by atoms with E-state index >= 15 is 0 Å². The highest BCUT2D eigenvalue weighted by Crippen LogP contribution is 1.91. The molecule has 0 radical (unpaired) electrons. The van der Waals surface area contributed by atoms with Crippen LogP contribution < -0.4 is 5.32 Å². The Kier molecular flexibility index (Phi) is 4.89. The second-order valence-electron chi connectivity index (χ2n) is 1.92. The van der Waals surface area contributed by atoms with Gasteiger partial charge in [-0.25, -0.2) is 4.79 Å². The Morgan fingerprint density at radius 1 is 1.92 bits per heavy atom. The number of azide groups is 1. The molecule has 0 spiro atoms. The van der Waals surface area contributed by atoms with Gasteiger partial charge >= 0.3 is 6.09 Å². The number of carbonyl (C=O) groups is 1. The first kappa shape index (κ1) is 10.1. The zero-order valence-corrected chi connectivity index (χ0v) is 6.14. The van der Waals surface area contributed by atoms with Crippen LogP contribution >= 0.6 is 0 Å². The van der Waals surface area contributed by atoms with Crippen molar-refractivity contribution in [2.45, 2.75) is 12.5 Å². The highest BCUT2D eigenvalue weighted by atomic mass is 16.4. The van der Waals surface area contributed by atoms with Gasteiger partial charge in [-0.05, 0) is 5.53 Å². The quantitative estimate of drug-likeness (QED) is 0.368. The number of hydrogen-bond donors (Lipinski definition) is 2. The van der Waals surface area contributed by atoms with Gasteiger partial charge in [0, 0.05) is 11.5 Å².